The Labute approximate surface area is 130 Å². The van der Waals surface area contributed by atoms with Gasteiger partial charge in [0, 0.05) is 11.6 Å². The van der Waals surface area contributed by atoms with Crippen LogP contribution >= 0.6 is 0 Å². The quantitative estimate of drug-likeness (QED) is 0.478. The van der Waals surface area contributed by atoms with Gasteiger partial charge in [0.15, 0.2) is 6.10 Å². The van der Waals surface area contributed by atoms with Crippen molar-refractivity contribution in [3.63, 3.8) is 0 Å². The first-order valence-electron chi connectivity index (χ1n) is 7.11. The number of hydrogen-bond acceptors (Lipinski definition) is 3. The summed E-state index contributed by atoms with van der Waals surface area (Å²) in [5.74, 6) is -0.741. The first-order valence-corrected chi connectivity index (χ1v) is 7.11. The van der Waals surface area contributed by atoms with E-state index in [1.165, 1.54) is 6.08 Å². The second-order valence-electron chi connectivity index (χ2n) is 5.05. The number of ketones is 1. The van der Waals surface area contributed by atoms with E-state index >= 15 is 0 Å². The number of benzene rings is 2. The Hall–Kier alpha value is -2.68. The molecule has 0 fully saturated rings. The highest BCUT2D eigenvalue weighted by Crippen LogP contribution is 2.08. The number of rotatable bonds is 5. The van der Waals surface area contributed by atoms with Gasteiger partial charge >= 0.3 is 5.97 Å². The fraction of sp³-hybridized carbons (Fsp3) is 0.158. The molecule has 0 amide bonds. The average Bonchev–Trinajstić information content (AvgIpc) is 2.54. The van der Waals surface area contributed by atoms with Crippen molar-refractivity contribution >= 4 is 17.8 Å². The van der Waals surface area contributed by atoms with Crippen LogP contribution in [0.4, 0.5) is 0 Å². The van der Waals surface area contributed by atoms with Crippen molar-refractivity contribution in [3.8, 4) is 0 Å². The Morgan fingerprint density at radius 2 is 1.64 bits per heavy atom. The summed E-state index contributed by atoms with van der Waals surface area (Å²) in [6.45, 7) is 3.57. The third kappa shape index (κ3) is 4.42. The van der Waals surface area contributed by atoms with Crippen molar-refractivity contribution in [3.05, 3.63) is 77.4 Å². The molecule has 0 spiro atoms. The van der Waals surface area contributed by atoms with Crippen molar-refractivity contribution in [2.75, 3.05) is 0 Å². The molecule has 0 aliphatic heterocycles. The maximum atomic E-state index is 12.1. The van der Waals surface area contributed by atoms with Crippen molar-refractivity contribution in [2.45, 2.75) is 20.0 Å². The van der Waals surface area contributed by atoms with Gasteiger partial charge in [-0.05, 0) is 25.5 Å². The van der Waals surface area contributed by atoms with Gasteiger partial charge < -0.3 is 4.74 Å². The molecule has 0 N–H and O–H groups in total. The van der Waals surface area contributed by atoms with E-state index in [4.69, 9.17) is 4.74 Å². The van der Waals surface area contributed by atoms with Crippen LogP contribution in [0.5, 0.6) is 0 Å². The summed E-state index contributed by atoms with van der Waals surface area (Å²) in [6.07, 6.45) is 2.19. The molecule has 0 bridgehead atoms. The minimum atomic E-state index is -0.808. The van der Waals surface area contributed by atoms with Gasteiger partial charge in [-0.25, -0.2) is 4.79 Å². The number of esters is 1. The van der Waals surface area contributed by atoms with Crippen LogP contribution in [0.25, 0.3) is 6.08 Å². The van der Waals surface area contributed by atoms with Crippen LogP contribution in [0.2, 0.25) is 0 Å². The second kappa shape index (κ2) is 7.36. The molecule has 0 unspecified atom stereocenters. The summed E-state index contributed by atoms with van der Waals surface area (Å²) in [4.78, 5) is 23.9. The summed E-state index contributed by atoms with van der Waals surface area (Å²) in [5, 5.41) is 0. The number of carbonyl (C=O) groups is 2. The Balaban J connectivity index is 1.94. The van der Waals surface area contributed by atoms with Crippen molar-refractivity contribution in [2.24, 2.45) is 0 Å². The SMILES string of the molecule is Cc1ccc(/C=C/C(=O)O[C@@H](C)C(=O)c2ccccc2)cc1. The number of carbonyl (C=O) groups excluding carboxylic acids is 2. The fourth-order valence-corrected chi connectivity index (χ4v) is 1.95. The molecule has 2 aromatic rings. The fourth-order valence-electron chi connectivity index (χ4n) is 1.95. The molecule has 3 nitrogen and oxygen atoms in total. The zero-order valence-electron chi connectivity index (χ0n) is 12.7. The Morgan fingerprint density at radius 1 is 1.00 bits per heavy atom. The van der Waals surface area contributed by atoms with Crippen LogP contribution < -0.4 is 0 Å². The first kappa shape index (κ1) is 15.7. The highest BCUT2D eigenvalue weighted by Gasteiger charge is 2.17. The minimum Gasteiger partial charge on any atom is -0.451 e. The second-order valence-corrected chi connectivity index (χ2v) is 5.05. The smallest absolute Gasteiger partial charge is 0.331 e. The van der Waals surface area contributed by atoms with Gasteiger partial charge in [-0.2, -0.15) is 0 Å². The predicted molar refractivity (Wildman–Crippen MR) is 86.5 cm³/mol. The molecule has 0 saturated carbocycles. The zero-order chi connectivity index (χ0) is 15.9. The van der Waals surface area contributed by atoms with Gasteiger partial charge in [-0.15, -0.1) is 0 Å². The molecule has 0 aliphatic rings. The topological polar surface area (TPSA) is 43.4 Å². The van der Waals surface area contributed by atoms with Gasteiger partial charge in [0.25, 0.3) is 0 Å². The van der Waals surface area contributed by atoms with E-state index in [1.54, 1.807) is 37.3 Å². The molecule has 0 saturated heterocycles. The molecular weight excluding hydrogens is 276 g/mol. The third-order valence-corrected chi connectivity index (χ3v) is 3.21. The van der Waals surface area contributed by atoms with E-state index in [1.807, 2.05) is 37.3 Å². The maximum absolute atomic E-state index is 12.1. The number of hydrogen-bond donors (Lipinski definition) is 0. The zero-order valence-corrected chi connectivity index (χ0v) is 12.7. The summed E-state index contributed by atoms with van der Waals surface area (Å²) in [5.41, 5.74) is 2.59. The molecule has 0 aliphatic carbocycles. The largest absolute Gasteiger partial charge is 0.451 e. The molecular formula is C19H18O3. The first-order chi connectivity index (χ1) is 10.6. The lowest BCUT2D eigenvalue weighted by Crippen LogP contribution is -2.23. The highest BCUT2D eigenvalue weighted by atomic mass is 16.5. The number of ether oxygens (including phenoxy) is 1. The average molecular weight is 294 g/mol. The molecule has 22 heavy (non-hydrogen) atoms. The lowest BCUT2D eigenvalue weighted by molar-refractivity contribution is -0.140. The summed E-state index contributed by atoms with van der Waals surface area (Å²) in [6, 6.07) is 16.5. The van der Waals surface area contributed by atoms with E-state index in [0.717, 1.165) is 11.1 Å². The summed E-state index contributed by atoms with van der Waals surface area (Å²) < 4.78 is 5.14. The monoisotopic (exact) mass is 294 g/mol. The van der Waals surface area contributed by atoms with Gasteiger partial charge in [-0.1, -0.05) is 60.2 Å². The molecule has 2 aromatic carbocycles. The summed E-state index contributed by atoms with van der Waals surface area (Å²) >= 11 is 0. The number of aryl methyl sites for hydroxylation is 1. The van der Waals surface area contributed by atoms with Crippen LogP contribution in [0.1, 0.15) is 28.4 Å². The van der Waals surface area contributed by atoms with E-state index < -0.39 is 12.1 Å². The van der Waals surface area contributed by atoms with Gasteiger partial charge in [0.1, 0.15) is 0 Å². The van der Waals surface area contributed by atoms with Crippen LogP contribution in [-0.2, 0) is 9.53 Å². The van der Waals surface area contributed by atoms with Crippen molar-refractivity contribution in [1.29, 1.82) is 0 Å². The molecule has 2 rings (SSSR count). The Morgan fingerprint density at radius 3 is 2.27 bits per heavy atom. The third-order valence-electron chi connectivity index (χ3n) is 3.21. The molecule has 1 atom stereocenters. The molecule has 0 radical (unpaired) electrons. The van der Waals surface area contributed by atoms with Gasteiger partial charge in [0.05, 0.1) is 0 Å². The van der Waals surface area contributed by atoms with Gasteiger partial charge in [-0.3, -0.25) is 4.79 Å². The lowest BCUT2D eigenvalue weighted by atomic mass is 10.1. The van der Waals surface area contributed by atoms with Crippen molar-refractivity contribution < 1.29 is 14.3 Å². The van der Waals surface area contributed by atoms with E-state index in [2.05, 4.69) is 0 Å². The molecule has 0 aromatic heterocycles. The Kier molecular flexibility index (Phi) is 5.26. The predicted octanol–water partition coefficient (Wildman–Crippen LogP) is 3.82. The highest BCUT2D eigenvalue weighted by molar-refractivity contribution is 6.00. The van der Waals surface area contributed by atoms with Gasteiger partial charge in [0.2, 0.25) is 5.78 Å². The van der Waals surface area contributed by atoms with Crippen molar-refractivity contribution in [1.82, 2.24) is 0 Å². The molecule has 112 valence electrons. The molecule has 3 heteroatoms. The van der Waals surface area contributed by atoms with E-state index in [0.29, 0.717) is 5.56 Å². The maximum Gasteiger partial charge on any atom is 0.331 e. The van der Waals surface area contributed by atoms with Crippen LogP contribution in [0.15, 0.2) is 60.7 Å². The summed E-state index contributed by atoms with van der Waals surface area (Å²) in [7, 11) is 0. The lowest BCUT2D eigenvalue weighted by Gasteiger charge is -2.10. The molecule has 0 heterocycles. The van der Waals surface area contributed by atoms with E-state index in [-0.39, 0.29) is 5.78 Å². The van der Waals surface area contributed by atoms with Crippen LogP contribution in [0.3, 0.4) is 0 Å². The Bertz CT molecular complexity index is 670. The minimum absolute atomic E-state index is 0.210. The van der Waals surface area contributed by atoms with Crippen LogP contribution in [0, 0.1) is 6.92 Å². The number of Topliss-reactive ketones (excluding diaryl/α,β-unsaturated/α-hetero) is 1. The standard InChI is InChI=1S/C19H18O3/c1-14-8-10-16(11-9-14)12-13-18(20)22-15(2)19(21)17-6-4-3-5-7-17/h3-13,15H,1-2H3/b13-12+/t15-/m0/s1. The normalized spacial score (nSPS) is 12.1. The van der Waals surface area contributed by atoms with Crippen LogP contribution in [-0.4, -0.2) is 17.9 Å². The van der Waals surface area contributed by atoms with E-state index in [9.17, 15) is 9.59 Å².